The van der Waals surface area contributed by atoms with Gasteiger partial charge in [-0.15, -0.1) is 0 Å². The predicted molar refractivity (Wildman–Crippen MR) is 43.9 cm³/mol. The first-order chi connectivity index (χ1) is 5.27. The Balaban J connectivity index is 2.36. The molecule has 0 saturated heterocycles. The lowest BCUT2D eigenvalue weighted by atomic mass is 10.2. The Morgan fingerprint density at radius 2 is 2.18 bits per heavy atom. The van der Waals surface area contributed by atoms with Crippen LogP contribution in [0.4, 0.5) is 4.39 Å². The fourth-order valence-corrected chi connectivity index (χ4v) is 1.26. The molecule has 0 spiro atoms. The van der Waals surface area contributed by atoms with Gasteiger partial charge in [-0.05, 0) is 40.9 Å². The van der Waals surface area contributed by atoms with E-state index in [-0.39, 0.29) is 0 Å². The highest BCUT2D eigenvalue weighted by Crippen LogP contribution is 2.39. The molecular formula is C8H7BrFN. The van der Waals surface area contributed by atoms with E-state index in [1.165, 1.54) is 0 Å². The predicted octanol–water partition coefficient (Wildman–Crippen LogP) is 2.86. The molecule has 1 aliphatic rings. The van der Waals surface area contributed by atoms with E-state index in [0.717, 1.165) is 18.5 Å². The van der Waals surface area contributed by atoms with Gasteiger partial charge >= 0.3 is 0 Å². The Morgan fingerprint density at radius 3 is 2.73 bits per heavy atom. The maximum Gasteiger partial charge on any atom is 0.227 e. The number of hydrogen-bond acceptors (Lipinski definition) is 1. The Bertz CT molecular complexity index is 283. The smallest absolute Gasteiger partial charge is 0.224 e. The topological polar surface area (TPSA) is 12.9 Å². The van der Waals surface area contributed by atoms with E-state index < -0.39 is 5.95 Å². The fraction of sp³-hybridized carbons (Fsp3) is 0.375. The van der Waals surface area contributed by atoms with Gasteiger partial charge in [0.1, 0.15) is 0 Å². The molecule has 1 heterocycles. The molecule has 0 bridgehead atoms. The number of aromatic nitrogens is 1. The molecule has 0 radical (unpaired) electrons. The molecular weight excluding hydrogens is 209 g/mol. The second-order valence-corrected chi connectivity index (χ2v) is 3.64. The van der Waals surface area contributed by atoms with Crippen molar-refractivity contribution in [1.82, 2.24) is 4.98 Å². The van der Waals surface area contributed by atoms with Gasteiger partial charge in [0.2, 0.25) is 5.95 Å². The lowest BCUT2D eigenvalue weighted by Crippen LogP contribution is -1.90. The van der Waals surface area contributed by atoms with Gasteiger partial charge in [0.05, 0.1) is 4.47 Å². The number of pyridine rings is 1. The molecule has 1 aromatic rings. The molecule has 0 aromatic carbocycles. The third-order valence-corrected chi connectivity index (χ3v) is 2.41. The van der Waals surface area contributed by atoms with Crippen molar-refractivity contribution in [2.75, 3.05) is 0 Å². The molecule has 2 rings (SSSR count). The minimum atomic E-state index is -0.394. The van der Waals surface area contributed by atoms with Gasteiger partial charge in [-0.25, -0.2) is 4.98 Å². The summed E-state index contributed by atoms with van der Waals surface area (Å²) in [7, 11) is 0. The van der Waals surface area contributed by atoms with Crippen LogP contribution in [0.2, 0.25) is 0 Å². The molecule has 1 aromatic heterocycles. The van der Waals surface area contributed by atoms with Crippen molar-refractivity contribution < 1.29 is 4.39 Å². The number of hydrogen-bond donors (Lipinski definition) is 0. The van der Waals surface area contributed by atoms with Gasteiger partial charge in [0.25, 0.3) is 0 Å². The third kappa shape index (κ3) is 1.43. The fourth-order valence-electron chi connectivity index (χ4n) is 1.04. The molecule has 1 fully saturated rings. The Morgan fingerprint density at radius 1 is 1.45 bits per heavy atom. The van der Waals surface area contributed by atoms with Crippen molar-refractivity contribution in [3.63, 3.8) is 0 Å². The molecule has 0 N–H and O–H groups in total. The average molecular weight is 216 g/mol. The van der Waals surface area contributed by atoms with E-state index in [1.807, 2.05) is 6.07 Å². The van der Waals surface area contributed by atoms with Gasteiger partial charge in [-0.2, -0.15) is 4.39 Å². The Hall–Kier alpha value is -0.440. The Kier molecular flexibility index (Phi) is 1.68. The van der Waals surface area contributed by atoms with E-state index in [2.05, 4.69) is 20.9 Å². The molecule has 1 aliphatic carbocycles. The van der Waals surface area contributed by atoms with E-state index in [0.29, 0.717) is 10.4 Å². The van der Waals surface area contributed by atoms with Crippen LogP contribution in [-0.2, 0) is 0 Å². The monoisotopic (exact) mass is 215 g/mol. The van der Waals surface area contributed by atoms with Crippen LogP contribution >= 0.6 is 15.9 Å². The second-order valence-electron chi connectivity index (χ2n) is 2.78. The summed E-state index contributed by atoms with van der Waals surface area (Å²) < 4.78 is 13.3. The summed E-state index contributed by atoms with van der Waals surface area (Å²) >= 11 is 3.06. The number of rotatable bonds is 1. The van der Waals surface area contributed by atoms with Crippen LogP contribution in [0.15, 0.2) is 16.6 Å². The number of halogens is 2. The minimum Gasteiger partial charge on any atom is -0.224 e. The average Bonchev–Trinajstić information content (AvgIpc) is 2.77. The summed E-state index contributed by atoms with van der Waals surface area (Å²) in [5, 5.41) is 0. The lowest BCUT2D eigenvalue weighted by molar-refractivity contribution is 0.570. The summed E-state index contributed by atoms with van der Waals surface area (Å²) in [6, 6.07) is 3.60. The SMILES string of the molecule is Fc1nc(C2CC2)ccc1Br. The molecule has 0 amide bonds. The summed E-state index contributed by atoms with van der Waals surface area (Å²) in [6.07, 6.45) is 2.32. The van der Waals surface area contributed by atoms with Crippen LogP contribution in [-0.4, -0.2) is 4.98 Å². The summed E-state index contributed by atoms with van der Waals surface area (Å²) in [5.41, 5.74) is 0.894. The molecule has 58 valence electrons. The van der Waals surface area contributed by atoms with Crippen molar-refractivity contribution in [2.45, 2.75) is 18.8 Å². The second kappa shape index (κ2) is 2.55. The minimum absolute atomic E-state index is 0.394. The Labute approximate surface area is 72.8 Å². The lowest BCUT2D eigenvalue weighted by Gasteiger charge is -1.97. The normalized spacial score (nSPS) is 16.9. The van der Waals surface area contributed by atoms with Gasteiger partial charge < -0.3 is 0 Å². The van der Waals surface area contributed by atoms with Crippen LogP contribution in [0.3, 0.4) is 0 Å². The highest BCUT2D eigenvalue weighted by Gasteiger charge is 2.25. The first-order valence-corrected chi connectivity index (χ1v) is 4.38. The molecule has 0 unspecified atom stereocenters. The highest BCUT2D eigenvalue weighted by molar-refractivity contribution is 9.10. The zero-order valence-corrected chi connectivity index (χ0v) is 7.44. The maximum absolute atomic E-state index is 12.8. The van der Waals surface area contributed by atoms with Crippen LogP contribution < -0.4 is 0 Å². The van der Waals surface area contributed by atoms with E-state index in [4.69, 9.17) is 0 Å². The van der Waals surface area contributed by atoms with Crippen molar-refractivity contribution in [2.24, 2.45) is 0 Å². The summed E-state index contributed by atoms with van der Waals surface area (Å²) in [5.74, 6) is 0.131. The zero-order valence-electron chi connectivity index (χ0n) is 5.85. The van der Waals surface area contributed by atoms with Crippen molar-refractivity contribution in [3.05, 3.63) is 28.2 Å². The van der Waals surface area contributed by atoms with Crippen LogP contribution in [0.25, 0.3) is 0 Å². The summed E-state index contributed by atoms with van der Waals surface area (Å²) in [6.45, 7) is 0. The third-order valence-electron chi connectivity index (χ3n) is 1.82. The molecule has 1 saturated carbocycles. The molecule has 0 atom stereocenters. The highest BCUT2D eigenvalue weighted by atomic mass is 79.9. The zero-order chi connectivity index (χ0) is 7.84. The van der Waals surface area contributed by atoms with Crippen LogP contribution in [0.5, 0.6) is 0 Å². The standard InChI is InChI=1S/C8H7BrFN/c9-6-3-4-7(5-1-2-5)11-8(6)10/h3-5H,1-2H2. The van der Waals surface area contributed by atoms with E-state index >= 15 is 0 Å². The van der Waals surface area contributed by atoms with Crippen molar-refractivity contribution in [1.29, 1.82) is 0 Å². The quantitative estimate of drug-likeness (QED) is 0.657. The van der Waals surface area contributed by atoms with Crippen molar-refractivity contribution >= 4 is 15.9 Å². The molecule has 1 nitrogen and oxygen atoms in total. The van der Waals surface area contributed by atoms with Crippen LogP contribution in [0.1, 0.15) is 24.5 Å². The molecule has 11 heavy (non-hydrogen) atoms. The maximum atomic E-state index is 12.8. The first-order valence-electron chi connectivity index (χ1n) is 3.59. The molecule has 3 heteroatoms. The van der Waals surface area contributed by atoms with Gasteiger partial charge in [-0.1, -0.05) is 0 Å². The van der Waals surface area contributed by atoms with E-state index in [1.54, 1.807) is 6.07 Å². The largest absolute Gasteiger partial charge is 0.227 e. The summed E-state index contributed by atoms with van der Waals surface area (Å²) in [4.78, 5) is 3.82. The van der Waals surface area contributed by atoms with Crippen molar-refractivity contribution in [3.8, 4) is 0 Å². The van der Waals surface area contributed by atoms with Gasteiger partial charge in [0.15, 0.2) is 0 Å². The number of nitrogens with zero attached hydrogens (tertiary/aromatic N) is 1. The van der Waals surface area contributed by atoms with E-state index in [9.17, 15) is 4.39 Å². The van der Waals surface area contributed by atoms with Gasteiger partial charge in [0, 0.05) is 11.6 Å². The van der Waals surface area contributed by atoms with Crippen LogP contribution in [0, 0.1) is 5.95 Å². The molecule has 0 aliphatic heterocycles. The van der Waals surface area contributed by atoms with Gasteiger partial charge in [-0.3, -0.25) is 0 Å². The first kappa shape index (κ1) is 7.22.